The van der Waals surface area contributed by atoms with Gasteiger partial charge < -0.3 is 9.73 Å². The molecule has 0 saturated carbocycles. The molecule has 0 aliphatic carbocycles. The fourth-order valence-electron chi connectivity index (χ4n) is 2.25. The average molecular weight is 428 g/mol. The molecule has 4 nitrogen and oxygen atoms in total. The summed E-state index contributed by atoms with van der Waals surface area (Å²) in [5.41, 5.74) is 1.35. The Bertz CT molecular complexity index is 1020. The molecular formula is C20H12BrClN2O2. The minimum absolute atomic E-state index is 0.0556. The van der Waals surface area contributed by atoms with Gasteiger partial charge in [0.05, 0.1) is 0 Å². The van der Waals surface area contributed by atoms with E-state index in [1.807, 2.05) is 18.2 Å². The number of nitriles is 1. The smallest absolute Gasteiger partial charge is 0.266 e. The molecular weight excluding hydrogens is 416 g/mol. The van der Waals surface area contributed by atoms with E-state index in [2.05, 4.69) is 21.2 Å². The van der Waals surface area contributed by atoms with Crippen molar-refractivity contribution in [2.45, 2.75) is 0 Å². The molecule has 1 amide bonds. The van der Waals surface area contributed by atoms with Crippen LogP contribution < -0.4 is 5.32 Å². The monoisotopic (exact) mass is 426 g/mol. The zero-order chi connectivity index (χ0) is 18.5. The molecule has 3 rings (SSSR count). The summed E-state index contributed by atoms with van der Waals surface area (Å²) < 4.78 is 6.60. The molecule has 0 radical (unpaired) electrons. The normalized spacial score (nSPS) is 11.0. The van der Waals surface area contributed by atoms with Gasteiger partial charge in [0.15, 0.2) is 0 Å². The Kier molecular flexibility index (Phi) is 5.57. The highest BCUT2D eigenvalue weighted by atomic mass is 79.9. The maximum atomic E-state index is 12.3. The van der Waals surface area contributed by atoms with Crippen LogP contribution in [0.3, 0.4) is 0 Å². The predicted molar refractivity (Wildman–Crippen MR) is 106 cm³/mol. The third-order valence-corrected chi connectivity index (χ3v) is 4.25. The Morgan fingerprint density at radius 1 is 1.15 bits per heavy atom. The Balaban J connectivity index is 1.80. The van der Waals surface area contributed by atoms with Crippen LogP contribution in [0.2, 0.25) is 5.02 Å². The van der Waals surface area contributed by atoms with Gasteiger partial charge in [-0.3, -0.25) is 4.79 Å². The van der Waals surface area contributed by atoms with E-state index in [9.17, 15) is 10.1 Å². The number of anilines is 1. The van der Waals surface area contributed by atoms with Crippen molar-refractivity contribution < 1.29 is 9.21 Å². The van der Waals surface area contributed by atoms with Gasteiger partial charge in [0.25, 0.3) is 5.91 Å². The van der Waals surface area contributed by atoms with E-state index in [-0.39, 0.29) is 5.57 Å². The van der Waals surface area contributed by atoms with Crippen molar-refractivity contribution in [1.82, 2.24) is 0 Å². The van der Waals surface area contributed by atoms with Crippen molar-refractivity contribution in [1.29, 1.82) is 5.26 Å². The van der Waals surface area contributed by atoms with Crippen molar-refractivity contribution in [3.63, 3.8) is 0 Å². The lowest BCUT2D eigenvalue weighted by Gasteiger charge is -2.03. The van der Waals surface area contributed by atoms with Crippen LogP contribution in [0.1, 0.15) is 5.76 Å². The molecule has 26 heavy (non-hydrogen) atoms. The maximum absolute atomic E-state index is 12.3. The van der Waals surface area contributed by atoms with Gasteiger partial charge in [-0.15, -0.1) is 0 Å². The summed E-state index contributed by atoms with van der Waals surface area (Å²) >= 11 is 9.31. The lowest BCUT2D eigenvalue weighted by atomic mass is 10.2. The number of carbonyl (C=O) groups is 1. The van der Waals surface area contributed by atoms with E-state index < -0.39 is 5.91 Å². The fourth-order valence-corrected chi connectivity index (χ4v) is 2.70. The van der Waals surface area contributed by atoms with Crippen molar-refractivity contribution in [2.75, 3.05) is 5.32 Å². The van der Waals surface area contributed by atoms with Crippen LogP contribution in [0.5, 0.6) is 0 Å². The number of hydrogen-bond acceptors (Lipinski definition) is 3. The van der Waals surface area contributed by atoms with Crippen LogP contribution in [-0.2, 0) is 4.79 Å². The number of nitrogens with zero attached hydrogens (tertiary/aromatic N) is 1. The first-order chi connectivity index (χ1) is 12.5. The molecule has 0 bridgehead atoms. The molecule has 128 valence electrons. The number of halogens is 2. The first-order valence-electron chi connectivity index (χ1n) is 7.59. The molecule has 0 atom stereocenters. The molecule has 6 heteroatoms. The quantitative estimate of drug-likeness (QED) is 0.416. The lowest BCUT2D eigenvalue weighted by Crippen LogP contribution is -2.13. The number of benzene rings is 2. The summed E-state index contributed by atoms with van der Waals surface area (Å²) in [6.45, 7) is 0. The zero-order valence-corrected chi connectivity index (χ0v) is 15.7. The highest BCUT2D eigenvalue weighted by Crippen LogP contribution is 2.26. The number of rotatable bonds is 4. The average Bonchev–Trinajstić information content (AvgIpc) is 3.10. The van der Waals surface area contributed by atoms with Gasteiger partial charge in [-0.1, -0.05) is 39.7 Å². The summed E-state index contributed by atoms with van der Waals surface area (Å²) in [7, 11) is 0. The molecule has 0 fully saturated rings. The van der Waals surface area contributed by atoms with Gasteiger partial charge in [0, 0.05) is 26.8 Å². The molecule has 2 aromatic carbocycles. The largest absolute Gasteiger partial charge is 0.457 e. The molecule has 0 aliphatic rings. The van der Waals surface area contributed by atoms with E-state index in [1.165, 1.54) is 6.08 Å². The van der Waals surface area contributed by atoms with Gasteiger partial charge in [-0.2, -0.15) is 5.26 Å². The summed E-state index contributed by atoms with van der Waals surface area (Å²) in [5, 5.41) is 12.6. The van der Waals surface area contributed by atoms with Crippen LogP contribution in [0.15, 0.2) is 75.1 Å². The third kappa shape index (κ3) is 4.42. The van der Waals surface area contributed by atoms with E-state index in [4.69, 9.17) is 16.0 Å². The van der Waals surface area contributed by atoms with E-state index in [0.717, 1.165) is 10.0 Å². The molecule has 0 spiro atoms. The van der Waals surface area contributed by atoms with E-state index >= 15 is 0 Å². The summed E-state index contributed by atoms with van der Waals surface area (Å²) in [4.78, 5) is 12.3. The van der Waals surface area contributed by atoms with E-state index in [1.54, 1.807) is 48.5 Å². The van der Waals surface area contributed by atoms with Gasteiger partial charge in [-0.25, -0.2) is 0 Å². The SMILES string of the molecule is N#C/C(=C/c1ccc(-c2cccc(Cl)c2)o1)C(=O)Nc1ccc(Br)cc1. The summed E-state index contributed by atoms with van der Waals surface area (Å²) in [6.07, 6.45) is 1.40. The number of nitrogens with one attached hydrogen (secondary N) is 1. The Hall–Kier alpha value is -2.81. The standard InChI is InChI=1S/C20H12BrClN2O2/c21-15-4-6-17(7-5-15)24-20(25)14(12-23)11-18-8-9-19(26-18)13-2-1-3-16(22)10-13/h1-11H,(H,24,25)/b14-11-. The van der Waals surface area contributed by atoms with Crippen molar-refractivity contribution >= 4 is 45.2 Å². The lowest BCUT2D eigenvalue weighted by molar-refractivity contribution is -0.112. The third-order valence-electron chi connectivity index (χ3n) is 3.49. The molecule has 1 heterocycles. The van der Waals surface area contributed by atoms with Crippen LogP contribution in [0.25, 0.3) is 17.4 Å². The topological polar surface area (TPSA) is 66.0 Å². The van der Waals surface area contributed by atoms with Gasteiger partial charge in [0.1, 0.15) is 23.2 Å². The zero-order valence-electron chi connectivity index (χ0n) is 13.4. The number of furan rings is 1. The summed E-state index contributed by atoms with van der Waals surface area (Å²) in [5.74, 6) is 0.502. The van der Waals surface area contributed by atoms with Gasteiger partial charge in [0.2, 0.25) is 0 Å². The maximum Gasteiger partial charge on any atom is 0.266 e. The molecule has 3 aromatic rings. The molecule has 1 aromatic heterocycles. The van der Waals surface area contributed by atoms with Crippen molar-refractivity contribution in [3.05, 3.63) is 81.5 Å². The van der Waals surface area contributed by atoms with Gasteiger partial charge in [-0.05, 0) is 48.5 Å². The van der Waals surface area contributed by atoms with Crippen molar-refractivity contribution in [3.8, 4) is 17.4 Å². The first kappa shape index (κ1) is 18.0. The molecule has 0 aliphatic heterocycles. The Labute approximate surface area is 163 Å². The highest BCUT2D eigenvalue weighted by Gasteiger charge is 2.11. The minimum Gasteiger partial charge on any atom is -0.457 e. The Morgan fingerprint density at radius 3 is 2.62 bits per heavy atom. The van der Waals surface area contributed by atoms with Crippen molar-refractivity contribution in [2.24, 2.45) is 0 Å². The predicted octanol–water partition coefficient (Wildman–Crippen LogP) is 5.91. The van der Waals surface area contributed by atoms with Crippen LogP contribution in [-0.4, -0.2) is 5.91 Å². The number of carbonyl (C=O) groups excluding carboxylic acids is 1. The molecule has 0 saturated heterocycles. The fraction of sp³-hybridized carbons (Fsp3) is 0. The second-order valence-electron chi connectivity index (χ2n) is 5.34. The first-order valence-corrected chi connectivity index (χ1v) is 8.77. The van der Waals surface area contributed by atoms with Crippen LogP contribution >= 0.6 is 27.5 Å². The molecule has 0 unspecified atom stereocenters. The highest BCUT2D eigenvalue weighted by molar-refractivity contribution is 9.10. The second kappa shape index (κ2) is 8.05. The number of hydrogen-bond donors (Lipinski definition) is 1. The summed E-state index contributed by atoms with van der Waals surface area (Å²) in [6, 6.07) is 19.7. The number of amides is 1. The van der Waals surface area contributed by atoms with E-state index in [0.29, 0.717) is 22.2 Å². The second-order valence-corrected chi connectivity index (χ2v) is 6.70. The van der Waals surface area contributed by atoms with Crippen LogP contribution in [0, 0.1) is 11.3 Å². The van der Waals surface area contributed by atoms with Gasteiger partial charge >= 0.3 is 0 Å². The Morgan fingerprint density at radius 2 is 1.92 bits per heavy atom. The molecule has 1 N–H and O–H groups in total. The van der Waals surface area contributed by atoms with Crippen LogP contribution in [0.4, 0.5) is 5.69 Å². The minimum atomic E-state index is -0.504.